The van der Waals surface area contributed by atoms with Crippen molar-refractivity contribution in [3.8, 4) is 23.3 Å². The van der Waals surface area contributed by atoms with E-state index in [-0.39, 0.29) is 12.4 Å². The molecule has 0 aromatic heterocycles. The maximum absolute atomic E-state index is 12.1. The van der Waals surface area contributed by atoms with Crippen LogP contribution in [0, 0.1) is 11.3 Å². The van der Waals surface area contributed by atoms with Crippen LogP contribution in [-0.4, -0.2) is 38.2 Å². The number of ketones is 1. The fraction of sp³-hybridized carbons (Fsp3) is 0.211. The van der Waals surface area contributed by atoms with Gasteiger partial charge < -0.3 is 18.9 Å². The number of nitriles is 1. The number of Topliss-reactive ketones (excluding diaryl/α,β-unsaturated/α-hetero) is 1. The van der Waals surface area contributed by atoms with Crippen LogP contribution in [0.15, 0.2) is 42.5 Å². The van der Waals surface area contributed by atoms with E-state index in [0.717, 1.165) is 0 Å². The Labute approximate surface area is 149 Å². The molecule has 2 aromatic rings. The number of hydrogen-bond acceptors (Lipinski definition) is 7. The van der Waals surface area contributed by atoms with Crippen molar-refractivity contribution in [3.05, 3.63) is 53.6 Å². The summed E-state index contributed by atoms with van der Waals surface area (Å²) < 4.78 is 21.0. The average Bonchev–Trinajstić information content (AvgIpc) is 2.70. The van der Waals surface area contributed by atoms with Crippen LogP contribution in [0.1, 0.15) is 15.9 Å². The zero-order valence-electron chi connectivity index (χ0n) is 13.8. The summed E-state index contributed by atoms with van der Waals surface area (Å²) in [6, 6.07) is 13.1. The van der Waals surface area contributed by atoms with E-state index in [2.05, 4.69) is 0 Å². The van der Waals surface area contributed by atoms with Crippen LogP contribution in [-0.2, 0) is 9.53 Å². The highest BCUT2D eigenvalue weighted by molar-refractivity contribution is 5.98. The molecule has 3 rings (SSSR count). The Kier molecular flexibility index (Phi) is 5.34. The summed E-state index contributed by atoms with van der Waals surface area (Å²) in [4.78, 5) is 23.8. The summed E-state index contributed by atoms with van der Waals surface area (Å²) in [6.45, 7) is 0.166. The van der Waals surface area contributed by atoms with Crippen LogP contribution >= 0.6 is 0 Å². The Morgan fingerprint density at radius 1 is 1.00 bits per heavy atom. The lowest BCUT2D eigenvalue weighted by Crippen LogP contribution is -2.20. The molecule has 26 heavy (non-hydrogen) atoms. The normalized spacial score (nSPS) is 12.0. The number of nitrogens with zero attached hydrogens (tertiary/aromatic N) is 1. The maximum Gasteiger partial charge on any atom is 0.344 e. The van der Waals surface area contributed by atoms with Crippen molar-refractivity contribution < 1.29 is 28.5 Å². The predicted octanol–water partition coefficient (Wildman–Crippen LogP) is 2.13. The summed E-state index contributed by atoms with van der Waals surface area (Å²) in [6.07, 6.45) is 0. The van der Waals surface area contributed by atoms with E-state index >= 15 is 0 Å². The van der Waals surface area contributed by atoms with Crippen molar-refractivity contribution >= 4 is 11.8 Å². The SMILES string of the molecule is N#Cc1ccc(OCC(=O)OCC(=O)c2ccc3c(c2)OCCO3)cc1. The Bertz CT molecular complexity index is 853. The molecule has 7 heteroatoms. The molecule has 0 bridgehead atoms. The summed E-state index contributed by atoms with van der Waals surface area (Å²) in [5, 5.41) is 8.72. The molecular weight excluding hydrogens is 338 g/mol. The molecule has 1 aliphatic rings. The fourth-order valence-electron chi connectivity index (χ4n) is 2.26. The van der Waals surface area contributed by atoms with Crippen LogP contribution in [0.5, 0.6) is 17.2 Å². The number of rotatable bonds is 6. The first-order chi connectivity index (χ1) is 12.7. The Hall–Kier alpha value is -3.53. The van der Waals surface area contributed by atoms with E-state index < -0.39 is 12.6 Å². The molecule has 2 aromatic carbocycles. The Morgan fingerprint density at radius 2 is 1.73 bits per heavy atom. The van der Waals surface area contributed by atoms with Gasteiger partial charge in [0.15, 0.2) is 30.5 Å². The third-order valence-corrected chi connectivity index (χ3v) is 3.57. The second-order valence-corrected chi connectivity index (χ2v) is 5.37. The highest BCUT2D eigenvalue weighted by Gasteiger charge is 2.16. The van der Waals surface area contributed by atoms with Gasteiger partial charge in [0, 0.05) is 5.56 Å². The molecule has 0 amide bonds. The molecule has 0 unspecified atom stereocenters. The number of benzene rings is 2. The van der Waals surface area contributed by atoms with Crippen LogP contribution in [0.25, 0.3) is 0 Å². The van der Waals surface area contributed by atoms with Gasteiger partial charge in [-0.3, -0.25) is 4.79 Å². The zero-order chi connectivity index (χ0) is 18.4. The lowest BCUT2D eigenvalue weighted by Gasteiger charge is -2.18. The molecule has 0 spiro atoms. The number of hydrogen-bond donors (Lipinski definition) is 0. The molecule has 132 valence electrons. The Balaban J connectivity index is 1.47. The number of ether oxygens (including phenoxy) is 4. The summed E-state index contributed by atoms with van der Waals surface area (Å²) in [5.74, 6) is 0.492. The van der Waals surface area contributed by atoms with E-state index in [9.17, 15) is 9.59 Å². The molecule has 0 saturated carbocycles. The second kappa shape index (κ2) is 8.03. The van der Waals surface area contributed by atoms with E-state index in [0.29, 0.717) is 41.6 Å². The molecule has 1 aliphatic heterocycles. The standard InChI is InChI=1S/C19H15NO6/c20-10-13-1-4-15(5-2-13)25-12-19(22)26-11-16(21)14-3-6-17-18(9-14)24-8-7-23-17/h1-6,9H,7-8,11-12H2. The van der Waals surface area contributed by atoms with Crippen molar-refractivity contribution in [2.24, 2.45) is 0 Å². The van der Waals surface area contributed by atoms with Crippen LogP contribution < -0.4 is 14.2 Å². The number of esters is 1. The van der Waals surface area contributed by atoms with Gasteiger partial charge in [-0.05, 0) is 42.5 Å². The lowest BCUT2D eigenvalue weighted by molar-refractivity contribution is -0.144. The van der Waals surface area contributed by atoms with Gasteiger partial charge in [-0.15, -0.1) is 0 Å². The van der Waals surface area contributed by atoms with Gasteiger partial charge in [-0.1, -0.05) is 0 Å². The number of carbonyl (C=O) groups excluding carboxylic acids is 2. The summed E-state index contributed by atoms with van der Waals surface area (Å²) in [5.41, 5.74) is 0.861. The van der Waals surface area contributed by atoms with Crippen molar-refractivity contribution in [1.29, 1.82) is 5.26 Å². The molecule has 7 nitrogen and oxygen atoms in total. The van der Waals surface area contributed by atoms with Crippen molar-refractivity contribution in [2.45, 2.75) is 0 Å². The van der Waals surface area contributed by atoms with E-state index in [4.69, 9.17) is 24.2 Å². The third kappa shape index (κ3) is 4.30. The van der Waals surface area contributed by atoms with Crippen LogP contribution in [0.3, 0.4) is 0 Å². The summed E-state index contributed by atoms with van der Waals surface area (Å²) in [7, 11) is 0. The quantitative estimate of drug-likeness (QED) is 0.580. The smallest absolute Gasteiger partial charge is 0.344 e. The molecule has 0 N–H and O–H groups in total. The van der Waals surface area contributed by atoms with Crippen LogP contribution in [0.4, 0.5) is 0 Å². The van der Waals surface area contributed by atoms with Crippen LogP contribution in [0.2, 0.25) is 0 Å². The molecule has 0 aliphatic carbocycles. The first-order valence-electron chi connectivity index (χ1n) is 7.87. The van der Waals surface area contributed by atoms with Crippen molar-refractivity contribution in [3.63, 3.8) is 0 Å². The average molecular weight is 353 g/mol. The highest BCUT2D eigenvalue weighted by atomic mass is 16.6. The van der Waals surface area contributed by atoms with Crippen molar-refractivity contribution in [1.82, 2.24) is 0 Å². The molecular formula is C19H15NO6. The van der Waals surface area contributed by atoms with Gasteiger partial charge >= 0.3 is 5.97 Å². The molecule has 0 saturated heterocycles. The molecule has 0 radical (unpaired) electrons. The van der Waals surface area contributed by atoms with Gasteiger partial charge in [-0.2, -0.15) is 5.26 Å². The predicted molar refractivity (Wildman–Crippen MR) is 89.4 cm³/mol. The minimum Gasteiger partial charge on any atom is -0.486 e. The molecule has 1 heterocycles. The van der Waals surface area contributed by atoms with Gasteiger partial charge in [0.05, 0.1) is 11.6 Å². The maximum atomic E-state index is 12.1. The van der Waals surface area contributed by atoms with E-state index in [1.165, 1.54) is 0 Å². The minimum absolute atomic E-state index is 0.333. The Morgan fingerprint density at radius 3 is 2.46 bits per heavy atom. The topological polar surface area (TPSA) is 94.8 Å². The highest BCUT2D eigenvalue weighted by Crippen LogP contribution is 2.30. The number of carbonyl (C=O) groups is 2. The minimum atomic E-state index is -0.666. The fourth-order valence-corrected chi connectivity index (χ4v) is 2.26. The van der Waals surface area contributed by atoms with E-state index in [1.54, 1.807) is 42.5 Å². The second-order valence-electron chi connectivity index (χ2n) is 5.37. The largest absolute Gasteiger partial charge is 0.486 e. The molecule has 0 fully saturated rings. The van der Waals surface area contributed by atoms with E-state index in [1.807, 2.05) is 6.07 Å². The first-order valence-corrected chi connectivity index (χ1v) is 7.87. The van der Waals surface area contributed by atoms with Gasteiger partial charge in [0.2, 0.25) is 0 Å². The van der Waals surface area contributed by atoms with Gasteiger partial charge in [0.1, 0.15) is 19.0 Å². The van der Waals surface area contributed by atoms with Gasteiger partial charge in [0.25, 0.3) is 0 Å². The number of fused-ring (bicyclic) bond motifs is 1. The zero-order valence-corrected chi connectivity index (χ0v) is 13.8. The lowest BCUT2D eigenvalue weighted by atomic mass is 10.1. The molecule has 0 atom stereocenters. The van der Waals surface area contributed by atoms with Gasteiger partial charge in [-0.25, -0.2) is 4.79 Å². The monoisotopic (exact) mass is 353 g/mol. The third-order valence-electron chi connectivity index (χ3n) is 3.57. The van der Waals surface area contributed by atoms with Crippen molar-refractivity contribution in [2.75, 3.05) is 26.4 Å². The summed E-state index contributed by atoms with van der Waals surface area (Å²) >= 11 is 0. The first kappa shape index (κ1) is 17.3.